The van der Waals surface area contributed by atoms with Crippen LogP contribution in [0.15, 0.2) is 0 Å². The summed E-state index contributed by atoms with van der Waals surface area (Å²) in [6, 6.07) is -0.552. The van der Waals surface area contributed by atoms with Gasteiger partial charge >= 0.3 is 12.0 Å². The highest BCUT2D eigenvalue weighted by Crippen LogP contribution is 2.16. The van der Waals surface area contributed by atoms with E-state index in [0.717, 1.165) is 4.90 Å². The van der Waals surface area contributed by atoms with Crippen molar-refractivity contribution in [1.29, 1.82) is 0 Å². The molecule has 1 fully saturated rings. The number of esters is 1. The molecule has 0 aliphatic carbocycles. The van der Waals surface area contributed by atoms with Gasteiger partial charge in [-0.3, -0.25) is 14.5 Å². The van der Waals surface area contributed by atoms with Crippen molar-refractivity contribution in [3.05, 3.63) is 0 Å². The van der Waals surface area contributed by atoms with Crippen LogP contribution in [0.3, 0.4) is 0 Å². The van der Waals surface area contributed by atoms with Crippen molar-refractivity contribution in [2.75, 3.05) is 13.2 Å². The van der Waals surface area contributed by atoms with Gasteiger partial charge in [-0.1, -0.05) is 6.92 Å². The Labute approximate surface area is 93.9 Å². The summed E-state index contributed by atoms with van der Waals surface area (Å²) in [5, 5.41) is 2.48. The Kier molecular flexibility index (Phi) is 3.51. The molecule has 6 nitrogen and oxygen atoms in total. The molecule has 16 heavy (non-hydrogen) atoms. The molecule has 0 atom stereocenters. The summed E-state index contributed by atoms with van der Waals surface area (Å²) < 4.78 is 4.81. The maximum absolute atomic E-state index is 11.7. The van der Waals surface area contributed by atoms with E-state index in [9.17, 15) is 14.4 Å². The van der Waals surface area contributed by atoms with Gasteiger partial charge in [0, 0.05) is 0 Å². The summed E-state index contributed by atoms with van der Waals surface area (Å²) >= 11 is 0. The summed E-state index contributed by atoms with van der Waals surface area (Å²) in [6.45, 7) is 5.01. The van der Waals surface area contributed by atoms with E-state index in [1.807, 2.05) is 6.92 Å². The second kappa shape index (κ2) is 4.51. The van der Waals surface area contributed by atoms with Crippen molar-refractivity contribution in [2.24, 2.45) is 0 Å². The summed E-state index contributed by atoms with van der Waals surface area (Å²) in [5.41, 5.74) is -0.942. The fraction of sp³-hybridized carbons (Fsp3) is 0.700. The zero-order valence-corrected chi connectivity index (χ0v) is 9.70. The quantitative estimate of drug-likeness (QED) is 0.553. The first-order chi connectivity index (χ1) is 7.38. The van der Waals surface area contributed by atoms with Crippen molar-refractivity contribution in [3.63, 3.8) is 0 Å². The first-order valence-electron chi connectivity index (χ1n) is 5.18. The third kappa shape index (κ3) is 2.50. The van der Waals surface area contributed by atoms with Gasteiger partial charge in [0.1, 0.15) is 12.1 Å². The highest BCUT2D eigenvalue weighted by Gasteiger charge is 2.45. The smallest absolute Gasteiger partial charge is 0.326 e. The lowest BCUT2D eigenvalue weighted by atomic mass is 10.1. The fourth-order valence-electron chi connectivity index (χ4n) is 1.35. The van der Waals surface area contributed by atoms with E-state index in [4.69, 9.17) is 4.74 Å². The van der Waals surface area contributed by atoms with Gasteiger partial charge in [0.25, 0.3) is 5.91 Å². The number of hydrogen-bond acceptors (Lipinski definition) is 4. The van der Waals surface area contributed by atoms with Crippen molar-refractivity contribution in [2.45, 2.75) is 32.7 Å². The van der Waals surface area contributed by atoms with Gasteiger partial charge in [-0.2, -0.15) is 0 Å². The molecule has 0 radical (unpaired) electrons. The molecule has 1 rings (SSSR count). The van der Waals surface area contributed by atoms with E-state index in [0.29, 0.717) is 13.0 Å². The molecule has 0 bridgehead atoms. The van der Waals surface area contributed by atoms with Crippen LogP contribution in [0.1, 0.15) is 27.2 Å². The van der Waals surface area contributed by atoms with Crippen LogP contribution >= 0.6 is 0 Å². The topological polar surface area (TPSA) is 75.7 Å². The van der Waals surface area contributed by atoms with Gasteiger partial charge in [0.15, 0.2) is 0 Å². The Morgan fingerprint density at radius 2 is 2.06 bits per heavy atom. The number of carbonyl (C=O) groups is 3. The molecule has 90 valence electrons. The number of carbonyl (C=O) groups excluding carboxylic acids is 3. The van der Waals surface area contributed by atoms with Gasteiger partial charge in [-0.25, -0.2) is 4.79 Å². The van der Waals surface area contributed by atoms with Crippen LogP contribution in [-0.4, -0.2) is 41.5 Å². The Morgan fingerprint density at radius 1 is 1.44 bits per heavy atom. The Hall–Kier alpha value is -1.59. The van der Waals surface area contributed by atoms with Crippen molar-refractivity contribution >= 4 is 17.9 Å². The van der Waals surface area contributed by atoms with Gasteiger partial charge in [0.05, 0.1) is 6.61 Å². The van der Waals surface area contributed by atoms with Crippen LogP contribution in [0.5, 0.6) is 0 Å². The highest BCUT2D eigenvalue weighted by molar-refractivity contribution is 6.08. The number of hydrogen-bond donors (Lipinski definition) is 1. The lowest BCUT2D eigenvalue weighted by Crippen LogP contribution is -2.41. The predicted molar refractivity (Wildman–Crippen MR) is 55.6 cm³/mol. The van der Waals surface area contributed by atoms with E-state index >= 15 is 0 Å². The molecular formula is C10H16N2O4. The van der Waals surface area contributed by atoms with Gasteiger partial charge in [0.2, 0.25) is 0 Å². The second-order valence-corrected chi connectivity index (χ2v) is 4.17. The molecule has 1 saturated heterocycles. The van der Waals surface area contributed by atoms with Crippen LogP contribution in [0.4, 0.5) is 4.79 Å². The average molecular weight is 228 g/mol. The van der Waals surface area contributed by atoms with Crippen LogP contribution in [0.2, 0.25) is 0 Å². The van der Waals surface area contributed by atoms with Gasteiger partial charge in [-0.15, -0.1) is 0 Å². The van der Waals surface area contributed by atoms with E-state index in [1.165, 1.54) is 0 Å². The lowest BCUT2D eigenvalue weighted by molar-refractivity contribution is -0.147. The van der Waals surface area contributed by atoms with Crippen LogP contribution < -0.4 is 5.32 Å². The minimum Gasteiger partial charge on any atom is -0.464 e. The molecule has 0 aromatic carbocycles. The average Bonchev–Trinajstić information content (AvgIpc) is 2.38. The standard InChI is InChI=1S/C10H16N2O4/c1-4-5-16-7(13)6-12-8(14)10(2,3)11-9(12)15/h4-6H2,1-3H3,(H,11,15). The number of rotatable bonds is 4. The molecule has 0 aromatic rings. The first-order valence-corrected chi connectivity index (χ1v) is 5.18. The van der Waals surface area contributed by atoms with Gasteiger partial charge < -0.3 is 10.1 Å². The molecular weight excluding hydrogens is 212 g/mol. The molecule has 1 heterocycles. The number of imide groups is 1. The third-order valence-corrected chi connectivity index (χ3v) is 2.20. The number of urea groups is 1. The molecule has 3 amide bonds. The van der Waals surface area contributed by atoms with Crippen LogP contribution in [-0.2, 0) is 14.3 Å². The van der Waals surface area contributed by atoms with Gasteiger partial charge in [-0.05, 0) is 20.3 Å². The molecule has 1 aliphatic heterocycles. The fourth-order valence-corrected chi connectivity index (χ4v) is 1.35. The zero-order chi connectivity index (χ0) is 12.3. The number of ether oxygens (including phenoxy) is 1. The molecule has 0 aromatic heterocycles. The molecule has 0 spiro atoms. The second-order valence-electron chi connectivity index (χ2n) is 4.17. The van der Waals surface area contributed by atoms with Crippen molar-refractivity contribution in [3.8, 4) is 0 Å². The third-order valence-electron chi connectivity index (χ3n) is 2.20. The summed E-state index contributed by atoms with van der Waals surface area (Å²) in [7, 11) is 0. The highest BCUT2D eigenvalue weighted by atomic mass is 16.5. The van der Waals surface area contributed by atoms with Crippen molar-refractivity contribution in [1.82, 2.24) is 10.2 Å². The Morgan fingerprint density at radius 3 is 2.50 bits per heavy atom. The first kappa shape index (κ1) is 12.5. The predicted octanol–water partition coefficient (Wildman–Crippen LogP) is 0.270. The lowest BCUT2D eigenvalue weighted by Gasteiger charge is -2.15. The Bertz CT molecular complexity index is 325. The Balaban J connectivity index is 2.58. The van der Waals surface area contributed by atoms with E-state index in [2.05, 4.69) is 5.32 Å². The summed E-state index contributed by atoms with van der Waals surface area (Å²) in [5.74, 6) is -0.978. The minimum absolute atomic E-state index is 0.297. The minimum atomic E-state index is -0.942. The molecule has 1 aliphatic rings. The molecule has 6 heteroatoms. The summed E-state index contributed by atoms with van der Waals surface area (Å²) in [4.78, 5) is 35.2. The number of amides is 3. The number of nitrogens with one attached hydrogen (secondary N) is 1. The van der Waals surface area contributed by atoms with Crippen molar-refractivity contribution < 1.29 is 19.1 Å². The monoisotopic (exact) mass is 228 g/mol. The maximum atomic E-state index is 11.7. The number of nitrogens with zero attached hydrogens (tertiary/aromatic N) is 1. The van der Waals surface area contributed by atoms with E-state index in [-0.39, 0.29) is 6.54 Å². The van der Waals surface area contributed by atoms with Crippen LogP contribution in [0, 0.1) is 0 Å². The van der Waals surface area contributed by atoms with E-state index < -0.39 is 23.4 Å². The molecule has 0 saturated carbocycles. The molecule has 1 N–H and O–H groups in total. The largest absolute Gasteiger partial charge is 0.464 e. The van der Waals surface area contributed by atoms with Crippen LogP contribution in [0.25, 0.3) is 0 Å². The maximum Gasteiger partial charge on any atom is 0.326 e. The SMILES string of the molecule is CCCOC(=O)CN1C(=O)NC(C)(C)C1=O. The normalized spacial score (nSPS) is 18.6. The molecule has 0 unspecified atom stereocenters. The van der Waals surface area contributed by atoms with E-state index in [1.54, 1.807) is 13.8 Å². The summed E-state index contributed by atoms with van der Waals surface area (Å²) in [6.07, 6.45) is 0.706. The zero-order valence-electron chi connectivity index (χ0n) is 9.70.